The van der Waals surface area contributed by atoms with Gasteiger partial charge in [0.05, 0.1) is 5.69 Å². The summed E-state index contributed by atoms with van der Waals surface area (Å²) in [6.07, 6.45) is 0. The molecule has 2 N–H and O–H groups in total. The first-order valence-electron chi connectivity index (χ1n) is 3.87. The number of nitrogens with zero attached hydrogens (tertiary/aromatic N) is 2. The predicted octanol–water partition coefficient (Wildman–Crippen LogP) is 1.82. The van der Waals surface area contributed by atoms with Crippen LogP contribution < -0.4 is 5.73 Å². The van der Waals surface area contributed by atoms with E-state index in [0.717, 1.165) is 11.4 Å². The molecule has 1 heterocycles. The number of halogens is 1. The Bertz CT molecular complexity index is 273. The minimum Gasteiger partial charge on any atom is -0.325 e. The summed E-state index contributed by atoms with van der Waals surface area (Å²) in [6, 6.07) is 1.94. The van der Waals surface area contributed by atoms with Crippen LogP contribution in [0.2, 0.25) is 0 Å². The summed E-state index contributed by atoms with van der Waals surface area (Å²) in [7, 11) is 0. The number of nitrogens with two attached hydrogens (primary N) is 1. The van der Waals surface area contributed by atoms with Gasteiger partial charge in [-0.2, -0.15) is 0 Å². The Morgan fingerprint density at radius 1 is 1.50 bits per heavy atom. The van der Waals surface area contributed by atoms with Crippen molar-refractivity contribution in [1.29, 1.82) is 0 Å². The van der Waals surface area contributed by atoms with Gasteiger partial charge in [-0.1, -0.05) is 13.8 Å². The van der Waals surface area contributed by atoms with Gasteiger partial charge in [0, 0.05) is 12.2 Å². The molecule has 0 fully saturated rings. The van der Waals surface area contributed by atoms with Crippen LogP contribution in [-0.2, 0) is 6.54 Å². The van der Waals surface area contributed by atoms with Crippen LogP contribution in [0.1, 0.15) is 31.2 Å². The van der Waals surface area contributed by atoms with E-state index in [2.05, 4.69) is 39.7 Å². The lowest BCUT2D eigenvalue weighted by molar-refractivity contribution is 0.791. The first-order chi connectivity index (χ1) is 5.63. The molecule has 12 heavy (non-hydrogen) atoms. The van der Waals surface area contributed by atoms with E-state index in [0.29, 0.717) is 17.2 Å². The molecule has 4 heteroatoms. The Morgan fingerprint density at radius 3 is 2.67 bits per heavy atom. The van der Waals surface area contributed by atoms with Gasteiger partial charge < -0.3 is 5.73 Å². The van der Waals surface area contributed by atoms with Crippen molar-refractivity contribution < 1.29 is 0 Å². The lowest BCUT2D eigenvalue weighted by atomic mass is 10.1. The number of hydrogen-bond donors (Lipinski definition) is 1. The molecule has 0 saturated heterocycles. The van der Waals surface area contributed by atoms with E-state index < -0.39 is 0 Å². The van der Waals surface area contributed by atoms with Crippen LogP contribution in [0, 0.1) is 0 Å². The Kier molecular flexibility index (Phi) is 3.17. The van der Waals surface area contributed by atoms with Crippen LogP contribution >= 0.6 is 15.9 Å². The number of rotatable bonds is 2. The van der Waals surface area contributed by atoms with Crippen molar-refractivity contribution in [2.24, 2.45) is 5.73 Å². The molecule has 0 atom stereocenters. The Balaban J connectivity index is 3.06. The summed E-state index contributed by atoms with van der Waals surface area (Å²) in [4.78, 5) is 8.35. The van der Waals surface area contributed by atoms with E-state index in [1.165, 1.54) is 0 Å². The maximum absolute atomic E-state index is 5.48. The van der Waals surface area contributed by atoms with Crippen LogP contribution in [0.3, 0.4) is 0 Å². The van der Waals surface area contributed by atoms with Gasteiger partial charge in [-0.3, -0.25) is 0 Å². The molecule has 0 saturated carbocycles. The summed E-state index contributed by atoms with van der Waals surface area (Å²) in [6.45, 7) is 4.64. The third kappa shape index (κ3) is 2.25. The second kappa shape index (κ2) is 3.96. The SMILES string of the molecule is CC(C)c1cc(CN)nc(Br)n1. The van der Waals surface area contributed by atoms with Crippen LogP contribution in [-0.4, -0.2) is 9.97 Å². The van der Waals surface area contributed by atoms with Crippen molar-refractivity contribution >= 4 is 15.9 Å². The maximum Gasteiger partial charge on any atom is 0.197 e. The zero-order valence-electron chi connectivity index (χ0n) is 7.21. The van der Waals surface area contributed by atoms with Crippen LogP contribution in [0.5, 0.6) is 0 Å². The summed E-state index contributed by atoms with van der Waals surface area (Å²) >= 11 is 3.24. The van der Waals surface area contributed by atoms with Crippen LogP contribution in [0.4, 0.5) is 0 Å². The van der Waals surface area contributed by atoms with Crippen molar-refractivity contribution in [3.05, 3.63) is 22.2 Å². The minimum atomic E-state index is 0.412. The topological polar surface area (TPSA) is 51.8 Å². The van der Waals surface area contributed by atoms with Crippen LogP contribution in [0.25, 0.3) is 0 Å². The molecule has 0 aliphatic heterocycles. The standard InChI is InChI=1S/C8H12BrN3/c1-5(2)7-3-6(4-10)11-8(9)12-7/h3,5H,4,10H2,1-2H3. The monoisotopic (exact) mass is 229 g/mol. The smallest absolute Gasteiger partial charge is 0.197 e. The molecule has 0 bridgehead atoms. The molecule has 0 amide bonds. The third-order valence-corrected chi connectivity index (χ3v) is 1.93. The largest absolute Gasteiger partial charge is 0.325 e. The first kappa shape index (κ1) is 9.61. The van der Waals surface area contributed by atoms with Crippen molar-refractivity contribution in [3.63, 3.8) is 0 Å². The Labute approximate surface area is 80.5 Å². The molecular formula is C8H12BrN3. The molecule has 0 aliphatic carbocycles. The fraction of sp³-hybridized carbons (Fsp3) is 0.500. The highest BCUT2D eigenvalue weighted by atomic mass is 79.9. The molecular weight excluding hydrogens is 218 g/mol. The summed E-state index contributed by atoms with van der Waals surface area (Å²) < 4.78 is 0.620. The van der Waals surface area contributed by atoms with Gasteiger partial charge in [-0.15, -0.1) is 0 Å². The molecule has 0 aliphatic rings. The highest BCUT2D eigenvalue weighted by molar-refractivity contribution is 9.10. The highest BCUT2D eigenvalue weighted by Gasteiger charge is 2.04. The molecule has 3 nitrogen and oxygen atoms in total. The quantitative estimate of drug-likeness (QED) is 0.788. The summed E-state index contributed by atoms with van der Waals surface area (Å²) in [5.41, 5.74) is 7.38. The zero-order chi connectivity index (χ0) is 9.14. The number of aromatic nitrogens is 2. The van der Waals surface area contributed by atoms with Gasteiger partial charge in [0.15, 0.2) is 4.73 Å². The second-order valence-electron chi connectivity index (χ2n) is 2.91. The lowest BCUT2D eigenvalue weighted by Gasteiger charge is -2.05. The van der Waals surface area contributed by atoms with Gasteiger partial charge in [-0.05, 0) is 27.9 Å². The third-order valence-electron chi connectivity index (χ3n) is 1.57. The van der Waals surface area contributed by atoms with Crippen LogP contribution in [0.15, 0.2) is 10.8 Å². The van der Waals surface area contributed by atoms with Gasteiger partial charge >= 0.3 is 0 Å². The fourth-order valence-corrected chi connectivity index (χ4v) is 1.32. The van der Waals surface area contributed by atoms with E-state index in [1.54, 1.807) is 0 Å². The average molecular weight is 230 g/mol. The van der Waals surface area contributed by atoms with Gasteiger partial charge in [0.2, 0.25) is 0 Å². The molecule has 1 rings (SSSR count). The van der Waals surface area contributed by atoms with Crippen molar-refractivity contribution in [1.82, 2.24) is 9.97 Å². The minimum absolute atomic E-state index is 0.412. The zero-order valence-corrected chi connectivity index (χ0v) is 8.80. The Morgan fingerprint density at radius 2 is 2.17 bits per heavy atom. The summed E-state index contributed by atoms with van der Waals surface area (Å²) in [5, 5.41) is 0. The Hall–Kier alpha value is -0.480. The van der Waals surface area contributed by atoms with E-state index in [-0.39, 0.29) is 0 Å². The molecule has 0 spiro atoms. The predicted molar refractivity (Wildman–Crippen MR) is 51.7 cm³/mol. The molecule has 66 valence electrons. The van der Waals surface area contributed by atoms with Gasteiger partial charge in [-0.25, -0.2) is 9.97 Å². The van der Waals surface area contributed by atoms with Crippen molar-refractivity contribution in [3.8, 4) is 0 Å². The van der Waals surface area contributed by atoms with E-state index in [1.807, 2.05) is 6.07 Å². The van der Waals surface area contributed by atoms with E-state index in [4.69, 9.17) is 5.73 Å². The van der Waals surface area contributed by atoms with Gasteiger partial charge in [0.25, 0.3) is 0 Å². The molecule has 1 aromatic rings. The van der Waals surface area contributed by atoms with E-state index >= 15 is 0 Å². The summed E-state index contributed by atoms with van der Waals surface area (Å²) in [5.74, 6) is 0.412. The number of hydrogen-bond acceptors (Lipinski definition) is 3. The fourth-order valence-electron chi connectivity index (χ4n) is 0.886. The molecule has 1 aromatic heterocycles. The molecule has 0 radical (unpaired) electrons. The van der Waals surface area contributed by atoms with Crippen molar-refractivity contribution in [2.45, 2.75) is 26.3 Å². The normalized spacial score (nSPS) is 10.8. The second-order valence-corrected chi connectivity index (χ2v) is 3.62. The maximum atomic E-state index is 5.48. The highest BCUT2D eigenvalue weighted by Crippen LogP contribution is 2.14. The van der Waals surface area contributed by atoms with E-state index in [9.17, 15) is 0 Å². The first-order valence-corrected chi connectivity index (χ1v) is 4.66. The average Bonchev–Trinajstić information content (AvgIpc) is 2.03. The molecule has 0 unspecified atom stereocenters. The molecule has 0 aromatic carbocycles. The lowest BCUT2D eigenvalue weighted by Crippen LogP contribution is -2.04. The van der Waals surface area contributed by atoms with Crippen molar-refractivity contribution in [2.75, 3.05) is 0 Å². The van der Waals surface area contributed by atoms with Gasteiger partial charge in [0.1, 0.15) is 0 Å².